The zero-order valence-corrected chi connectivity index (χ0v) is 14.2. The molecule has 0 fully saturated rings. The molecule has 126 valence electrons. The molecule has 0 aliphatic heterocycles. The summed E-state index contributed by atoms with van der Waals surface area (Å²) in [7, 11) is 1.70. The second kappa shape index (κ2) is 7.27. The number of hydrogen-bond acceptors (Lipinski definition) is 6. The van der Waals surface area contributed by atoms with Crippen molar-refractivity contribution in [3.63, 3.8) is 0 Å². The summed E-state index contributed by atoms with van der Waals surface area (Å²) in [6.07, 6.45) is 4.40. The standard InChI is InChI=1S/C17H22N6O/c1-12-9-13(2)11-14(10-12)20-17-21-16-15(18-5-4-8-24-3)19-6-7-23(16)22-17/h6-7,9-11H,4-5,8H2,1-3H3,(H,18,19)(H,20,22). The highest BCUT2D eigenvalue weighted by atomic mass is 16.5. The molecule has 1 aromatic carbocycles. The summed E-state index contributed by atoms with van der Waals surface area (Å²) in [4.78, 5) is 8.90. The van der Waals surface area contributed by atoms with Gasteiger partial charge in [0.15, 0.2) is 11.5 Å². The van der Waals surface area contributed by atoms with Gasteiger partial charge < -0.3 is 15.4 Å². The van der Waals surface area contributed by atoms with Crippen LogP contribution in [0.1, 0.15) is 17.5 Å². The number of ether oxygens (including phenoxy) is 1. The molecule has 3 rings (SSSR count). The van der Waals surface area contributed by atoms with Crippen molar-refractivity contribution in [2.45, 2.75) is 20.3 Å². The SMILES string of the molecule is COCCCNc1nccn2nc(Nc3cc(C)cc(C)c3)nc12. The Morgan fingerprint density at radius 1 is 1.17 bits per heavy atom. The number of methoxy groups -OCH3 is 1. The van der Waals surface area contributed by atoms with Crippen LogP contribution >= 0.6 is 0 Å². The molecule has 0 saturated heterocycles. The monoisotopic (exact) mass is 326 g/mol. The molecule has 0 amide bonds. The van der Waals surface area contributed by atoms with Crippen LogP contribution in [0, 0.1) is 13.8 Å². The minimum atomic E-state index is 0.549. The van der Waals surface area contributed by atoms with Gasteiger partial charge in [-0.3, -0.25) is 0 Å². The molecule has 0 saturated carbocycles. The van der Waals surface area contributed by atoms with Crippen LogP contribution < -0.4 is 10.6 Å². The van der Waals surface area contributed by atoms with Crippen molar-refractivity contribution in [2.75, 3.05) is 30.9 Å². The molecular formula is C17H22N6O. The second-order valence-electron chi connectivity index (χ2n) is 5.75. The van der Waals surface area contributed by atoms with Crippen LogP contribution in [0.15, 0.2) is 30.6 Å². The van der Waals surface area contributed by atoms with Gasteiger partial charge in [-0.2, -0.15) is 4.98 Å². The van der Waals surface area contributed by atoms with Crippen LogP contribution in [-0.4, -0.2) is 39.8 Å². The maximum atomic E-state index is 5.05. The van der Waals surface area contributed by atoms with Crippen molar-refractivity contribution in [3.8, 4) is 0 Å². The summed E-state index contributed by atoms with van der Waals surface area (Å²) in [6.45, 7) is 5.62. The fourth-order valence-corrected chi connectivity index (χ4v) is 2.59. The Morgan fingerprint density at radius 2 is 1.96 bits per heavy atom. The van der Waals surface area contributed by atoms with Gasteiger partial charge in [0.25, 0.3) is 0 Å². The van der Waals surface area contributed by atoms with Gasteiger partial charge in [0.1, 0.15) is 0 Å². The van der Waals surface area contributed by atoms with Crippen LogP contribution in [0.2, 0.25) is 0 Å². The molecule has 0 aliphatic rings. The summed E-state index contributed by atoms with van der Waals surface area (Å²) < 4.78 is 6.77. The number of rotatable bonds is 7. The van der Waals surface area contributed by atoms with E-state index in [4.69, 9.17) is 4.74 Å². The van der Waals surface area contributed by atoms with Crippen LogP contribution in [0.3, 0.4) is 0 Å². The number of aryl methyl sites for hydroxylation is 2. The van der Waals surface area contributed by atoms with Gasteiger partial charge in [-0.15, -0.1) is 5.10 Å². The number of nitrogens with zero attached hydrogens (tertiary/aromatic N) is 4. The molecule has 2 aromatic heterocycles. The van der Waals surface area contributed by atoms with Gasteiger partial charge in [0.2, 0.25) is 5.95 Å². The normalized spacial score (nSPS) is 11.0. The molecule has 7 heteroatoms. The predicted octanol–water partition coefficient (Wildman–Crippen LogP) is 2.93. The molecule has 3 aromatic rings. The van der Waals surface area contributed by atoms with E-state index in [1.165, 1.54) is 11.1 Å². The van der Waals surface area contributed by atoms with Crippen molar-refractivity contribution >= 4 is 23.1 Å². The van der Waals surface area contributed by atoms with Crippen LogP contribution in [0.5, 0.6) is 0 Å². The Bertz CT molecular complexity index is 809. The average Bonchev–Trinajstić information content (AvgIpc) is 2.93. The van der Waals surface area contributed by atoms with E-state index >= 15 is 0 Å². The van der Waals surface area contributed by atoms with Crippen LogP contribution in [0.25, 0.3) is 5.65 Å². The zero-order valence-electron chi connectivity index (χ0n) is 14.2. The number of aromatic nitrogens is 4. The maximum absolute atomic E-state index is 5.05. The smallest absolute Gasteiger partial charge is 0.247 e. The molecule has 0 radical (unpaired) electrons. The van der Waals surface area contributed by atoms with Crippen molar-refractivity contribution in [1.29, 1.82) is 0 Å². The number of benzene rings is 1. The Labute approximate surface area is 141 Å². The lowest BCUT2D eigenvalue weighted by Gasteiger charge is -2.05. The van der Waals surface area contributed by atoms with E-state index in [-0.39, 0.29) is 0 Å². The third-order valence-corrected chi connectivity index (χ3v) is 3.55. The number of fused-ring (bicyclic) bond motifs is 1. The molecule has 2 heterocycles. The maximum Gasteiger partial charge on any atom is 0.247 e. The van der Waals surface area contributed by atoms with E-state index in [1.807, 2.05) is 0 Å². The first-order valence-corrected chi connectivity index (χ1v) is 7.95. The Morgan fingerprint density at radius 3 is 2.71 bits per heavy atom. The topological polar surface area (TPSA) is 76.4 Å². The summed E-state index contributed by atoms with van der Waals surface area (Å²) in [5.41, 5.74) is 4.07. The van der Waals surface area contributed by atoms with Gasteiger partial charge in [0, 0.05) is 38.3 Å². The predicted molar refractivity (Wildman–Crippen MR) is 95.0 cm³/mol. The molecule has 0 atom stereocenters. The zero-order chi connectivity index (χ0) is 16.9. The minimum absolute atomic E-state index is 0.549. The summed E-state index contributed by atoms with van der Waals surface area (Å²) >= 11 is 0. The van der Waals surface area contributed by atoms with Crippen molar-refractivity contribution in [2.24, 2.45) is 0 Å². The fourth-order valence-electron chi connectivity index (χ4n) is 2.59. The Kier molecular flexibility index (Phi) is 4.90. The van der Waals surface area contributed by atoms with E-state index in [0.29, 0.717) is 18.2 Å². The Hall–Kier alpha value is -2.67. The van der Waals surface area contributed by atoms with Gasteiger partial charge in [-0.05, 0) is 43.5 Å². The number of anilines is 3. The number of hydrogen-bond donors (Lipinski definition) is 2. The highest BCUT2D eigenvalue weighted by molar-refractivity contribution is 5.65. The lowest BCUT2D eigenvalue weighted by Crippen LogP contribution is -2.07. The lowest BCUT2D eigenvalue weighted by atomic mass is 10.1. The second-order valence-corrected chi connectivity index (χ2v) is 5.75. The van der Waals surface area contributed by atoms with E-state index in [0.717, 1.165) is 24.5 Å². The van der Waals surface area contributed by atoms with Gasteiger partial charge in [0.05, 0.1) is 0 Å². The average molecular weight is 326 g/mol. The molecule has 0 aliphatic carbocycles. The molecular weight excluding hydrogens is 304 g/mol. The first-order valence-electron chi connectivity index (χ1n) is 7.95. The highest BCUT2D eigenvalue weighted by Crippen LogP contribution is 2.19. The Balaban J connectivity index is 1.80. The van der Waals surface area contributed by atoms with Gasteiger partial charge in [-0.25, -0.2) is 9.50 Å². The third-order valence-electron chi connectivity index (χ3n) is 3.55. The van der Waals surface area contributed by atoms with E-state index in [1.54, 1.807) is 24.0 Å². The molecule has 0 spiro atoms. The van der Waals surface area contributed by atoms with E-state index in [9.17, 15) is 0 Å². The molecule has 2 N–H and O–H groups in total. The molecule has 24 heavy (non-hydrogen) atoms. The third kappa shape index (κ3) is 3.80. The highest BCUT2D eigenvalue weighted by Gasteiger charge is 2.09. The number of nitrogens with one attached hydrogen (secondary N) is 2. The quantitative estimate of drug-likeness (QED) is 0.650. The van der Waals surface area contributed by atoms with Gasteiger partial charge >= 0.3 is 0 Å². The first-order chi connectivity index (χ1) is 11.7. The summed E-state index contributed by atoms with van der Waals surface area (Å²) in [5.74, 6) is 1.27. The molecule has 7 nitrogen and oxygen atoms in total. The van der Waals surface area contributed by atoms with Crippen molar-refractivity contribution in [1.82, 2.24) is 19.6 Å². The summed E-state index contributed by atoms with van der Waals surface area (Å²) in [5, 5.41) is 11.0. The van der Waals surface area contributed by atoms with E-state index in [2.05, 4.69) is 57.7 Å². The molecule has 0 bridgehead atoms. The fraction of sp³-hybridized carbons (Fsp3) is 0.353. The largest absolute Gasteiger partial charge is 0.385 e. The lowest BCUT2D eigenvalue weighted by molar-refractivity contribution is 0.198. The van der Waals surface area contributed by atoms with Crippen LogP contribution in [-0.2, 0) is 4.74 Å². The van der Waals surface area contributed by atoms with Gasteiger partial charge in [-0.1, -0.05) is 6.07 Å². The van der Waals surface area contributed by atoms with E-state index < -0.39 is 0 Å². The minimum Gasteiger partial charge on any atom is -0.385 e. The summed E-state index contributed by atoms with van der Waals surface area (Å²) in [6, 6.07) is 6.27. The first kappa shape index (κ1) is 16.2. The van der Waals surface area contributed by atoms with Crippen molar-refractivity contribution in [3.05, 3.63) is 41.7 Å². The van der Waals surface area contributed by atoms with Crippen molar-refractivity contribution < 1.29 is 4.74 Å². The van der Waals surface area contributed by atoms with Crippen LogP contribution in [0.4, 0.5) is 17.5 Å². The molecule has 0 unspecified atom stereocenters.